The van der Waals surface area contributed by atoms with Crippen molar-refractivity contribution in [3.8, 4) is 5.92 Å². The summed E-state index contributed by atoms with van der Waals surface area (Å²) in [5, 5.41) is 1.42. The Kier molecular flexibility index (Phi) is 25.1. The molecule has 0 bridgehead atoms. The van der Waals surface area contributed by atoms with Gasteiger partial charge in [-0.05, 0) is 121 Å². The molecule has 0 N–H and O–H groups in total. The number of benzene rings is 2. The van der Waals surface area contributed by atoms with Crippen LogP contribution in [0.2, 0.25) is 0 Å². The van der Waals surface area contributed by atoms with Crippen molar-refractivity contribution in [3.05, 3.63) is 200 Å². The van der Waals surface area contributed by atoms with Crippen LogP contribution in [0, 0.1) is 139 Å². The maximum absolute atomic E-state index is 6.69. The number of hydrogen-bond donors (Lipinski definition) is 0. The fourth-order valence-corrected chi connectivity index (χ4v) is 5.52. The maximum atomic E-state index is 6.69. The third-order valence-electron chi connectivity index (χ3n) is 4.85. The summed E-state index contributed by atoms with van der Waals surface area (Å²) in [6.07, 6.45) is 44.1. The van der Waals surface area contributed by atoms with Crippen molar-refractivity contribution in [1.82, 2.24) is 0 Å². The van der Waals surface area contributed by atoms with Gasteiger partial charge >= 0.3 is 22.4 Å². The van der Waals surface area contributed by atoms with E-state index in [1.165, 1.54) is 16.6 Å². The van der Waals surface area contributed by atoms with Gasteiger partial charge in [-0.25, -0.2) is 0 Å². The average molecular weight is 776 g/mol. The van der Waals surface area contributed by atoms with Gasteiger partial charge in [-0.1, -0.05) is 56.5 Å². The molecule has 4 heteroatoms. The summed E-state index contributed by atoms with van der Waals surface area (Å²) < 4.78 is 0. The Morgan fingerprint density at radius 3 is 1.05 bits per heavy atom. The van der Waals surface area contributed by atoms with Crippen molar-refractivity contribution in [2.24, 2.45) is 0 Å². The first-order valence-corrected chi connectivity index (χ1v) is 12.8. The van der Waals surface area contributed by atoms with E-state index in [-0.39, 0.29) is 64.4 Å². The first-order chi connectivity index (χ1) is 17.4. The second kappa shape index (κ2) is 25.0. The first kappa shape index (κ1) is 38.2. The molecular weight excluding hydrogens is 748 g/mol. The third-order valence-corrected chi connectivity index (χ3v) is 7.29. The molecule has 0 atom stereocenters. The molecule has 196 valence electrons. The average Bonchev–Trinajstić information content (AvgIpc) is 3.76. The summed E-state index contributed by atoms with van der Waals surface area (Å²) >= 11 is 0. The van der Waals surface area contributed by atoms with Crippen molar-refractivity contribution in [3.63, 3.8) is 0 Å². The van der Waals surface area contributed by atoms with E-state index in [1.807, 2.05) is 94.5 Å². The second-order valence-electron chi connectivity index (χ2n) is 7.37. The Hall–Kier alpha value is 0.209. The van der Waals surface area contributed by atoms with E-state index in [2.05, 4.69) is 87.6 Å². The Bertz CT molecular complexity index is 762. The van der Waals surface area contributed by atoms with Crippen LogP contribution in [-0.2, 0) is 56.5 Å². The van der Waals surface area contributed by atoms with Gasteiger partial charge in [-0.3, -0.25) is 5.92 Å². The van der Waals surface area contributed by atoms with E-state index < -0.39 is 0 Å². The molecule has 0 saturated heterocycles. The van der Waals surface area contributed by atoms with Crippen LogP contribution in [0.3, 0.4) is 0 Å². The molecule has 4 fully saturated rings. The molecule has 2 aromatic rings. The summed E-state index contributed by atoms with van der Waals surface area (Å²) in [4.78, 5) is 0. The minimum atomic E-state index is -0.372. The zero-order valence-electron chi connectivity index (χ0n) is 20.6. The Morgan fingerprint density at radius 1 is 0.447 bits per heavy atom. The van der Waals surface area contributed by atoms with Crippen molar-refractivity contribution in [1.29, 1.82) is 0 Å². The predicted octanol–water partition coefficient (Wildman–Crippen LogP) is 7.18. The molecule has 6 rings (SSSR count). The Morgan fingerprint density at radius 2 is 0.763 bits per heavy atom. The maximum Gasteiger partial charge on any atom is 1.00 e. The van der Waals surface area contributed by atoms with E-state index in [9.17, 15) is 0 Å². The SMILES string of the molecule is [Au+].[C-]#Cc1ccccc1.[CH]1[CH][CH][CH][CH]1.[CH]1[CH][CH][CH][CH]1.[CH]1[CH][CH][C](P([C]2[CH][CH][CH][CH]2)c2ccccc2)[CH]1.[Fe].[Fe]. The van der Waals surface area contributed by atoms with Gasteiger partial charge in [0.15, 0.2) is 0 Å². The van der Waals surface area contributed by atoms with Crippen LogP contribution < -0.4 is 5.30 Å². The normalized spacial score (nSPS) is 18.1. The van der Waals surface area contributed by atoms with Gasteiger partial charge < -0.3 is 6.42 Å². The molecule has 0 nitrogen and oxygen atoms in total. The van der Waals surface area contributed by atoms with Crippen LogP contribution in [0.15, 0.2) is 60.7 Å². The van der Waals surface area contributed by atoms with Crippen molar-refractivity contribution < 1.29 is 56.5 Å². The van der Waals surface area contributed by atoms with E-state index in [1.54, 1.807) is 0 Å². The van der Waals surface area contributed by atoms with E-state index in [4.69, 9.17) is 6.42 Å². The zero-order valence-corrected chi connectivity index (χ0v) is 25.9. The number of hydrogen-bond acceptors (Lipinski definition) is 0. The Balaban J connectivity index is 0.000000546. The van der Waals surface area contributed by atoms with Gasteiger partial charge in [-0.15, -0.1) is 17.7 Å². The molecular formula is C34H28AuFe2P. The molecule has 2 aromatic carbocycles. The topological polar surface area (TPSA) is 0 Å². The van der Waals surface area contributed by atoms with Crippen LogP contribution in [-0.4, -0.2) is 0 Å². The molecule has 4 aliphatic rings. The standard InChI is InChI=1S/C16H13P.C8H5.2C5H5.Au.2Fe/c1-2-8-14(9-3-1)17(15-10-4-5-11-15)16-12-6-7-13-16;1-2-8-6-4-3-5-7-8;2*1-2-4-5-3-1;;;/h1-13H;3-7H;2*1-5H;;;/q;-1;;;+1;;. The molecule has 0 aliphatic heterocycles. The van der Waals surface area contributed by atoms with Crippen LogP contribution >= 0.6 is 7.92 Å². The van der Waals surface area contributed by atoms with Crippen molar-refractivity contribution in [2.75, 3.05) is 0 Å². The third kappa shape index (κ3) is 15.3. The Labute approximate surface area is 273 Å². The summed E-state index contributed by atoms with van der Waals surface area (Å²) in [6, 6.07) is 20.1. The minimum Gasteiger partial charge on any atom is -0.366 e. The monoisotopic (exact) mass is 776 g/mol. The molecule has 0 heterocycles. The fraction of sp³-hybridized carbons (Fsp3) is 0. The molecule has 0 unspecified atom stereocenters. The molecule has 20 radical (unpaired) electrons. The smallest absolute Gasteiger partial charge is 0.366 e. The van der Waals surface area contributed by atoms with Crippen molar-refractivity contribution in [2.45, 2.75) is 0 Å². The summed E-state index contributed by atoms with van der Waals surface area (Å²) in [5.41, 5.74) is 3.68. The molecule has 38 heavy (non-hydrogen) atoms. The van der Waals surface area contributed by atoms with Crippen LogP contribution in [0.25, 0.3) is 0 Å². The number of rotatable bonds is 3. The largest absolute Gasteiger partial charge is 1.00 e. The first-order valence-electron chi connectivity index (χ1n) is 11.5. The van der Waals surface area contributed by atoms with E-state index in [0.717, 1.165) is 5.56 Å². The summed E-state index contributed by atoms with van der Waals surface area (Å²) in [7, 11) is -0.372. The molecule has 0 amide bonds. The molecule has 4 aliphatic carbocycles. The van der Waals surface area contributed by atoms with Crippen molar-refractivity contribution >= 4 is 13.2 Å². The molecule has 0 spiro atoms. The summed E-state index contributed by atoms with van der Waals surface area (Å²) in [6.45, 7) is 0. The van der Waals surface area contributed by atoms with Crippen LogP contribution in [0.1, 0.15) is 5.56 Å². The van der Waals surface area contributed by atoms with Gasteiger partial charge in [0, 0.05) is 45.5 Å². The van der Waals surface area contributed by atoms with Crippen LogP contribution in [0.4, 0.5) is 0 Å². The fourth-order valence-electron chi connectivity index (χ4n) is 3.21. The van der Waals surface area contributed by atoms with Gasteiger partial charge in [-0.2, -0.15) is 0 Å². The minimum absolute atomic E-state index is 0. The predicted molar refractivity (Wildman–Crippen MR) is 150 cm³/mol. The molecule has 4 saturated carbocycles. The van der Waals surface area contributed by atoms with E-state index >= 15 is 0 Å². The quantitative estimate of drug-likeness (QED) is 0.134. The van der Waals surface area contributed by atoms with Gasteiger partial charge in [0.1, 0.15) is 0 Å². The van der Waals surface area contributed by atoms with E-state index in [0.29, 0.717) is 0 Å². The second-order valence-corrected chi connectivity index (χ2v) is 9.59. The molecule has 0 aromatic heterocycles. The van der Waals surface area contributed by atoms with Gasteiger partial charge in [0.05, 0.1) is 0 Å². The van der Waals surface area contributed by atoms with Crippen LogP contribution in [0.5, 0.6) is 0 Å². The van der Waals surface area contributed by atoms with Gasteiger partial charge in [0.2, 0.25) is 0 Å². The summed E-state index contributed by atoms with van der Waals surface area (Å²) in [5.74, 6) is 2.28. The van der Waals surface area contributed by atoms with Gasteiger partial charge in [0.25, 0.3) is 0 Å². The zero-order chi connectivity index (χ0) is 24.4.